The average molecular weight is 380 g/mol. The lowest BCUT2D eigenvalue weighted by atomic mass is 10.0. The quantitative estimate of drug-likeness (QED) is 0.818. The average Bonchev–Trinajstić information content (AvgIpc) is 3.58. The molecule has 0 unspecified atom stereocenters. The van der Waals surface area contributed by atoms with E-state index in [1.165, 1.54) is 25.0 Å². The van der Waals surface area contributed by atoms with Gasteiger partial charge >= 0.3 is 0 Å². The van der Waals surface area contributed by atoms with Gasteiger partial charge in [0.05, 0.1) is 19.3 Å². The molecular formula is C23H25FN2O2. The molecule has 2 saturated heterocycles. The summed E-state index contributed by atoms with van der Waals surface area (Å²) in [5.41, 5.74) is 2.53. The Balaban J connectivity index is 1.31. The maximum Gasteiger partial charge on any atom is 0.253 e. The minimum Gasteiger partial charge on any atom is -0.378 e. The smallest absolute Gasteiger partial charge is 0.253 e. The highest BCUT2D eigenvalue weighted by molar-refractivity contribution is 5.95. The minimum absolute atomic E-state index is 0.0668. The van der Waals surface area contributed by atoms with Crippen LogP contribution in [0.5, 0.6) is 0 Å². The zero-order chi connectivity index (χ0) is 19.1. The number of ether oxygens (including phenoxy) is 1. The van der Waals surface area contributed by atoms with Gasteiger partial charge in [-0.15, -0.1) is 0 Å². The lowest BCUT2D eigenvalue weighted by Gasteiger charge is -2.48. The fourth-order valence-electron chi connectivity index (χ4n) is 4.60. The van der Waals surface area contributed by atoms with E-state index in [0.29, 0.717) is 24.3 Å². The van der Waals surface area contributed by atoms with E-state index in [4.69, 9.17) is 4.74 Å². The summed E-state index contributed by atoms with van der Waals surface area (Å²) in [5.74, 6) is 0.600. The molecule has 0 spiro atoms. The Labute approximate surface area is 164 Å². The van der Waals surface area contributed by atoms with E-state index in [9.17, 15) is 9.18 Å². The van der Waals surface area contributed by atoms with Crippen LogP contribution < -0.4 is 0 Å². The molecule has 1 amide bonds. The van der Waals surface area contributed by atoms with Crippen LogP contribution in [-0.2, 0) is 4.74 Å². The van der Waals surface area contributed by atoms with Crippen LogP contribution in [0.2, 0.25) is 0 Å². The molecule has 1 aliphatic carbocycles. The summed E-state index contributed by atoms with van der Waals surface area (Å²) in [5, 5.41) is 0. The van der Waals surface area contributed by atoms with Crippen LogP contribution in [0.3, 0.4) is 0 Å². The molecule has 2 aliphatic heterocycles. The number of carbonyl (C=O) groups excluding carboxylic acids is 1. The van der Waals surface area contributed by atoms with E-state index in [1.807, 2.05) is 29.2 Å². The fourth-order valence-corrected chi connectivity index (χ4v) is 4.60. The van der Waals surface area contributed by atoms with Crippen molar-refractivity contribution in [2.24, 2.45) is 5.92 Å². The molecule has 0 aromatic heterocycles. The highest BCUT2D eigenvalue weighted by Gasteiger charge is 2.43. The fraction of sp³-hybridized carbons (Fsp3) is 0.435. The summed E-state index contributed by atoms with van der Waals surface area (Å²) in [6.07, 6.45) is 2.63. The number of hydrogen-bond donors (Lipinski definition) is 0. The molecule has 2 atom stereocenters. The molecule has 28 heavy (non-hydrogen) atoms. The number of piperazine rings is 1. The van der Waals surface area contributed by atoms with Gasteiger partial charge in [-0.25, -0.2) is 4.39 Å². The lowest BCUT2D eigenvalue weighted by molar-refractivity contribution is -0.0816. The molecule has 5 rings (SSSR count). The van der Waals surface area contributed by atoms with Gasteiger partial charge in [-0.3, -0.25) is 9.69 Å². The van der Waals surface area contributed by atoms with Gasteiger partial charge in [-0.05, 0) is 54.2 Å². The standard InChI is InChI=1S/C23H25FN2O2/c24-20-8-6-16(7-9-20)18-2-1-3-19(12-18)23(27)25-10-11-26-21(13-25)14-28-15-22(26)17-4-5-17/h1-3,6-9,12,17,21-22H,4-5,10-11,13-15H2/t21-,22-/m1/s1. The van der Waals surface area contributed by atoms with Crippen LogP contribution in [0.4, 0.5) is 4.39 Å². The second-order valence-corrected chi connectivity index (χ2v) is 8.17. The van der Waals surface area contributed by atoms with Crippen molar-refractivity contribution in [1.82, 2.24) is 9.80 Å². The summed E-state index contributed by atoms with van der Waals surface area (Å²) in [7, 11) is 0. The number of nitrogens with zero attached hydrogens (tertiary/aromatic N) is 2. The van der Waals surface area contributed by atoms with E-state index in [0.717, 1.165) is 43.3 Å². The minimum atomic E-state index is -0.256. The lowest BCUT2D eigenvalue weighted by Crippen LogP contribution is -2.63. The predicted octanol–water partition coefficient (Wildman–Crippen LogP) is 3.43. The molecule has 2 aromatic rings. The van der Waals surface area contributed by atoms with Crippen LogP contribution in [0, 0.1) is 11.7 Å². The molecule has 3 aliphatic rings. The molecule has 0 N–H and O–H groups in total. The Morgan fingerprint density at radius 1 is 1.00 bits per heavy atom. The number of carbonyl (C=O) groups is 1. The third-order valence-corrected chi connectivity index (χ3v) is 6.29. The van der Waals surface area contributed by atoms with Crippen LogP contribution in [-0.4, -0.2) is 60.6 Å². The van der Waals surface area contributed by atoms with Crippen molar-refractivity contribution in [3.05, 3.63) is 59.9 Å². The van der Waals surface area contributed by atoms with Crippen LogP contribution in [0.15, 0.2) is 48.5 Å². The first-order valence-electron chi connectivity index (χ1n) is 10.2. The topological polar surface area (TPSA) is 32.8 Å². The predicted molar refractivity (Wildman–Crippen MR) is 106 cm³/mol. The second-order valence-electron chi connectivity index (χ2n) is 8.17. The highest BCUT2D eigenvalue weighted by atomic mass is 19.1. The van der Waals surface area contributed by atoms with Crippen molar-refractivity contribution in [3.8, 4) is 11.1 Å². The Hall–Kier alpha value is -2.24. The zero-order valence-corrected chi connectivity index (χ0v) is 15.9. The van der Waals surface area contributed by atoms with Gasteiger partial charge in [-0.1, -0.05) is 24.3 Å². The van der Waals surface area contributed by atoms with Crippen molar-refractivity contribution >= 4 is 5.91 Å². The summed E-state index contributed by atoms with van der Waals surface area (Å²) in [6.45, 7) is 3.97. The van der Waals surface area contributed by atoms with E-state index in [1.54, 1.807) is 12.1 Å². The zero-order valence-electron chi connectivity index (χ0n) is 15.9. The van der Waals surface area contributed by atoms with Crippen molar-refractivity contribution < 1.29 is 13.9 Å². The molecule has 0 radical (unpaired) electrons. The molecular weight excluding hydrogens is 355 g/mol. The summed E-state index contributed by atoms with van der Waals surface area (Å²) >= 11 is 0. The largest absolute Gasteiger partial charge is 0.378 e. The number of morpholine rings is 1. The Kier molecular flexibility index (Phi) is 4.65. The van der Waals surface area contributed by atoms with Crippen molar-refractivity contribution in [2.45, 2.75) is 24.9 Å². The first kappa shape index (κ1) is 17.8. The second kappa shape index (κ2) is 7.30. The molecule has 146 valence electrons. The van der Waals surface area contributed by atoms with Crippen molar-refractivity contribution in [1.29, 1.82) is 0 Å². The van der Waals surface area contributed by atoms with Gasteiger partial charge in [0.25, 0.3) is 5.91 Å². The van der Waals surface area contributed by atoms with Crippen LogP contribution >= 0.6 is 0 Å². The third-order valence-electron chi connectivity index (χ3n) is 6.29. The number of fused-ring (bicyclic) bond motifs is 1. The van der Waals surface area contributed by atoms with Gasteiger partial charge in [0.1, 0.15) is 5.82 Å². The first-order valence-corrected chi connectivity index (χ1v) is 10.2. The summed E-state index contributed by atoms with van der Waals surface area (Å²) in [4.78, 5) is 17.7. The van der Waals surface area contributed by atoms with Gasteiger partial charge in [0.2, 0.25) is 0 Å². The van der Waals surface area contributed by atoms with E-state index < -0.39 is 0 Å². The molecule has 1 saturated carbocycles. The maximum absolute atomic E-state index is 13.2. The Bertz CT molecular complexity index is 865. The molecule has 2 aromatic carbocycles. The number of hydrogen-bond acceptors (Lipinski definition) is 3. The van der Waals surface area contributed by atoms with Gasteiger partial charge < -0.3 is 9.64 Å². The van der Waals surface area contributed by atoms with Gasteiger partial charge in [0, 0.05) is 31.2 Å². The highest BCUT2D eigenvalue weighted by Crippen LogP contribution is 2.38. The third kappa shape index (κ3) is 3.45. The Morgan fingerprint density at radius 3 is 2.61 bits per heavy atom. The summed E-state index contributed by atoms with van der Waals surface area (Å²) < 4.78 is 19.1. The van der Waals surface area contributed by atoms with Crippen LogP contribution in [0.1, 0.15) is 23.2 Å². The monoisotopic (exact) mass is 380 g/mol. The molecule has 0 bridgehead atoms. The first-order chi connectivity index (χ1) is 13.7. The van der Waals surface area contributed by atoms with Gasteiger partial charge in [0.15, 0.2) is 0 Å². The van der Waals surface area contributed by atoms with Crippen molar-refractivity contribution in [3.63, 3.8) is 0 Å². The molecule has 2 heterocycles. The van der Waals surface area contributed by atoms with E-state index in [-0.39, 0.29) is 11.7 Å². The van der Waals surface area contributed by atoms with E-state index in [2.05, 4.69) is 4.90 Å². The van der Waals surface area contributed by atoms with E-state index >= 15 is 0 Å². The molecule has 3 fully saturated rings. The normalized spacial score (nSPS) is 25.4. The molecule has 4 nitrogen and oxygen atoms in total. The number of halogens is 1. The number of rotatable bonds is 3. The van der Waals surface area contributed by atoms with Gasteiger partial charge in [-0.2, -0.15) is 0 Å². The Morgan fingerprint density at radius 2 is 1.82 bits per heavy atom. The van der Waals surface area contributed by atoms with Crippen LogP contribution in [0.25, 0.3) is 11.1 Å². The summed E-state index contributed by atoms with van der Waals surface area (Å²) in [6, 6.07) is 14.9. The van der Waals surface area contributed by atoms with Crippen molar-refractivity contribution in [2.75, 3.05) is 32.8 Å². The molecule has 5 heteroatoms. The number of amides is 1. The SMILES string of the molecule is O=C(c1cccc(-c2ccc(F)cc2)c1)N1CCN2[C@@H](COC[C@@H]2C2CC2)C1. The maximum atomic E-state index is 13.2. The number of benzene rings is 2.